The van der Waals surface area contributed by atoms with Gasteiger partial charge in [0, 0.05) is 6.61 Å². The molecule has 0 aliphatic rings. The molecular formula is C15H28O2. The summed E-state index contributed by atoms with van der Waals surface area (Å²) in [6.07, 6.45) is 3.15. The molecule has 0 bridgehead atoms. The van der Waals surface area contributed by atoms with Crippen molar-refractivity contribution in [2.45, 2.75) is 60.4 Å². The molecule has 17 heavy (non-hydrogen) atoms. The summed E-state index contributed by atoms with van der Waals surface area (Å²) >= 11 is 0. The zero-order chi connectivity index (χ0) is 13.4. The van der Waals surface area contributed by atoms with Gasteiger partial charge in [0.15, 0.2) is 6.29 Å². The predicted molar refractivity (Wildman–Crippen MR) is 74.0 cm³/mol. The van der Waals surface area contributed by atoms with E-state index in [1.54, 1.807) is 0 Å². The zero-order valence-electron chi connectivity index (χ0n) is 12.2. The molecule has 0 N–H and O–H groups in total. The molecule has 3 atom stereocenters. The lowest BCUT2D eigenvalue weighted by Gasteiger charge is -2.27. The van der Waals surface area contributed by atoms with Crippen LogP contribution in [0, 0.1) is 5.92 Å². The van der Waals surface area contributed by atoms with E-state index in [0.717, 1.165) is 12.0 Å². The maximum absolute atomic E-state index is 5.90. The van der Waals surface area contributed by atoms with E-state index in [9.17, 15) is 0 Å². The van der Waals surface area contributed by atoms with Crippen LogP contribution < -0.4 is 0 Å². The van der Waals surface area contributed by atoms with Gasteiger partial charge in [0.1, 0.15) is 0 Å². The molecule has 0 radical (unpaired) electrons. The molecule has 2 heteroatoms. The number of hydrogen-bond acceptors (Lipinski definition) is 2. The van der Waals surface area contributed by atoms with Crippen LogP contribution in [-0.2, 0) is 9.47 Å². The van der Waals surface area contributed by atoms with Gasteiger partial charge in [-0.1, -0.05) is 30.7 Å². The highest BCUT2D eigenvalue weighted by Crippen LogP contribution is 2.21. The van der Waals surface area contributed by atoms with Gasteiger partial charge in [-0.2, -0.15) is 0 Å². The summed E-state index contributed by atoms with van der Waals surface area (Å²) in [5.41, 5.74) is 2.40. The molecule has 100 valence electrons. The quantitative estimate of drug-likeness (QED) is 0.464. The van der Waals surface area contributed by atoms with Crippen molar-refractivity contribution in [3.05, 3.63) is 23.8 Å². The highest BCUT2D eigenvalue weighted by Gasteiger charge is 2.20. The summed E-state index contributed by atoms with van der Waals surface area (Å²) in [6, 6.07) is 0. The van der Waals surface area contributed by atoms with Crippen molar-refractivity contribution in [3.63, 3.8) is 0 Å². The number of hydrogen-bond donors (Lipinski definition) is 0. The molecule has 0 saturated heterocycles. The Kier molecular flexibility index (Phi) is 8.19. The van der Waals surface area contributed by atoms with Crippen LogP contribution >= 0.6 is 0 Å². The van der Waals surface area contributed by atoms with Crippen molar-refractivity contribution < 1.29 is 9.47 Å². The molecule has 0 rings (SSSR count). The Balaban J connectivity index is 4.41. The SMILES string of the molecule is C=C(C)C(OC(C)OCC)C(C)CC=C(C)C. The minimum absolute atomic E-state index is 0.0622. The molecule has 0 heterocycles. The van der Waals surface area contributed by atoms with Gasteiger partial charge in [-0.25, -0.2) is 0 Å². The van der Waals surface area contributed by atoms with Gasteiger partial charge in [0.2, 0.25) is 0 Å². The fraction of sp³-hybridized carbons (Fsp3) is 0.733. The summed E-state index contributed by atoms with van der Waals surface area (Å²) in [4.78, 5) is 0. The molecule has 0 aromatic carbocycles. The molecule has 0 aliphatic carbocycles. The van der Waals surface area contributed by atoms with Crippen molar-refractivity contribution in [2.24, 2.45) is 5.92 Å². The van der Waals surface area contributed by atoms with E-state index in [2.05, 4.69) is 33.4 Å². The Morgan fingerprint density at radius 2 is 1.82 bits per heavy atom. The Hall–Kier alpha value is -0.600. The fourth-order valence-electron chi connectivity index (χ4n) is 1.76. The average Bonchev–Trinajstić information content (AvgIpc) is 2.22. The molecule has 0 aromatic rings. The Labute approximate surface area is 107 Å². The van der Waals surface area contributed by atoms with Crippen LogP contribution in [0.2, 0.25) is 0 Å². The fourth-order valence-corrected chi connectivity index (χ4v) is 1.76. The minimum Gasteiger partial charge on any atom is -0.353 e. The molecule has 2 nitrogen and oxygen atoms in total. The Morgan fingerprint density at radius 3 is 2.24 bits per heavy atom. The summed E-state index contributed by atoms with van der Waals surface area (Å²) < 4.78 is 11.3. The maximum Gasteiger partial charge on any atom is 0.155 e. The third-order valence-corrected chi connectivity index (χ3v) is 2.64. The normalized spacial score (nSPS) is 16.1. The first-order valence-corrected chi connectivity index (χ1v) is 6.44. The monoisotopic (exact) mass is 240 g/mol. The van der Waals surface area contributed by atoms with Gasteiger partial charge in [-0.3, -0.25) is 0 Å². The van der Waals surface area contributed by atoms with Gasteiger partial charge in [0.25, 0.3) is 0 Å². The largest absolute Gasteiger partial charge is 0.353 e. The van der Waals surface area contributed by atoms with E-state index in [1.165, 1.54) is 5.57 Å². The van der Waals surface area contributed by atoms with Crippen molar-refractivity contribution in [1.82, 2.24) is 0 Å². The molecule has 0 aromatic heterocycles. The van der Waals surface area contributed by atoms with Gasteiger partial charge in [0.05, 0.1) is 6.10 Å². The third kappa shape index (κ3) is 7.35. The summed E-state index contributed by atoms with van der Waals surface area (Å²) in [6.45, 7) is 17.0. The van der Waals surface area contributed by atoms with E-state index in [1.807, 2.05) is 20.8 Å². The second-order valence-corrected chi connectivity index (χ2v) is 4.92. The Morgan fingerprint density at radius 1 is 1.24 bits per heavy atom. The van der Waals surface area contributed by atoms with Crippen LogP contribution in [0.15, 0.2) is 23.8 Å². The van der Waals surface area contributed by atoms with Crippen molar-refractivity contribution >= 4 is 0 Å². The van der Waals surface area contributed by atoms with Gasteiger partial charge >= 0.3 is 0 Å². The molecule has 0 aliphatic heterocycles. The lowest BCUT2D eigenvalue weighted by molar-refractivity contribution is -0.158. The standard InChI is InChI=1S/C15H28O2/c1-8-16-14(7)17-15(12(4)5)13(6)10-9-11(2)3/h9,13-15H,4,8,10H2,1-3,5-7H3. The molecule has 0 spiro atoms. The van der Waals surface area contributed by atoms with E-state index in [4.69, 9.17) is 9.47 Å². The van der Waals surface area contributed by atoms with Gasteiger partial charge in [-0.05, 0) is 47.0 Å². The van der Waals surface area contributed by atoms with Crippen LogP contribution in [0.1, 0.15) is 48.0 Å². The van der Waals surface area contributed by atoms with Gasteiger partial charge in [-0.15, -0.1) is 0 Å². The first kappa shape index (κ1) is 16.4. The molecule has 0 saturated carbocycles. The lowest BCUT2D eigenvalue weighted by atomic mass is 9.95. The topological polar surface area (TPSA) is 18.5 Å². The summed E-state index contributed by atoms with van der Waals surface area (Å²) in [5.74, 6) is 0.422. The van der Waals surface area contributed by atoms with E-state index in [0.29, 0.717) is 12.5 Å². The minimum atomic E-state index is -0.171. The van der Waals surface area contributed by atoms with E-state index < -0.39 is 0 Å². The lowest BCUT2D eigenvalue weighted by Crippen LogP contribution is -2.28. The highest BCUT2D eigenvalue weighted by atomic mass is 16.7. The van der Waals surface area contributed by atoms with Crippen molar-refractivity contribution in [1.29, 1.82) is 0 Å². The zero-order valence-corrected chi connectivity index (χ0v) is 12.2. The van der Waals surface area contributed by atoms with Gasteiger partial charge < -0.3 is 9.47 Å². The van der Waals surface area contributed by atoms with E-state index in [-0.39, 0.29) is 12.4 Å². The molecular weight excluding hydrogens is 212 g/mol. The number of rotatable bonds is 8. The predicted octanol–water partition coefficient (Wildman–Crippen LogP) is 4.32. The average molecular weight is 240 g/mol. The first-order chi connectivity index (χ1) is 7.88. The van der Waals surface area contributed by atoms with Crippen LogP contribution in [0.5, 0.6) is 0 Å². The second-order valence-electron chi connectivity index (χ2n) is 4.92. The maximum atomic E-state index is 5.90. The Bertz CT molecular complexity index is 252. The second kappa shape index (κ2) is 8.48. The number of ether oxygens (including phenoxy) is 2. The molecule has 0 amide bonds. The number of allylic oxidation sites excluding steroid dienone is 2. The molecule has 0 fully saturated rings. The summed E-state index contributed by atoms with van der Waals surface area (Å²) in [7, 11) is 0. The summed E-state index contributed by atoms with van der Waals surface area (Å²) in [5, 5.41) is 0. The van der Waals surface area contributed by atoms with Crippen molar-refractivity contribution in [3.8, 4) is 0 Å². The van der Waals surface area contributed by atoms with Crippen LogP contribution in [0.4, 0.5) is 0 Å². The van der Waals surface area contributed by atoms with Crippen LogP contribution in [0.25, 0.3) is 0 Å². The third-order valence-electron chi connectivity index (χ3n) is 2.64. The highest BCUT2D eigenvalue weighted by molar-refractivity contribution is 5.03. The smallest absolute Gasteiger partial charge is 0.155 e. The first-order valence-electron chi connectivity index (χ1n) is 6.44. The van der Waals surface area contributed by atoms with Crippen LogP contribution in [-0.4, -0.2) is 19.0 Å². The molecule has 3 unspecified atom stereocenters. The van der Waals surface area contributed by atoms with Crippen molar-refractivity contribution in [2.75, 3.05) is 6.61 Å². The van der Waals surface area contributed by atoms with Crippen LogP contribution in [0.3, 0.4) is 0 Å². The van der Waals surface area contributed by atoms with E-state index >= 15 is 0 Å².